The molecule has 0 saturated carbocycles. The third kappa shape index (κ3) is 8.43. The maximum absolute atomic E-state index is 11.0. The minimum Gasteiger partial charge on any atom is -0.330 e. The minimum absolute atomic E-state index is 0.456. The van der Waals surface area contributed by atoms with Crippen molar-refractivity contribution in [2.75, 3.05) is 25.9 Å². The molecule has 0 fully saturated rings. The van der Waals surface area contributed by atoms with Crippen LogP contribution in [0.2, 0.25) is 0 Å². The van der Waals surface area contributed by atoms with Gasteiger partial charge in [0.25, 0.3) is 0 Å². The van der Waals surface area contributed by atoms with E-state index in [1.54, 1.807) is 0 Å². The van der Waals surface area contributed by atoms with E-state index in [0.29, 0.717) is 13.1 Å². The first-order valence-electron chi connectivity index (χ1n) is 4.66. The quantitative estimate of drug-likeness (QED) is 0.496. The fraction of sp³-hybridized carbons (Fsp3) is 1.00. The van der Waals surface area contributed by atoms with Crippen molar-refractivity contribution in [1.82, 2.24) is 10.0 Å². The van der Waals surface area contributed by atoms with E-state index < -0.39 is 15.6 Å². The van der Waals surface area contributed by atoms with Gasteiger partial charge in [0.1, 0.15) is 0 Å². The average Bonchev–Trinajstić information content (AvgIpc) is 1.93. The van der Waals surface area contributed by atoms with Crippen molar-refractivity contribution in [2.45, 2.75) is 25.8 Å². The lowest BCUT2D eigenvalue weighted by molar-refractivity contribution is 0.421. The van der Waals surface area contributed by atoms with Crippen molar-refractivity contribution >= 4 is 10.0 Å². The van der Waals surface area contributed by atoms with Crippen LogP contribution in [0.15, 0.2) is 0 Å². The first-order valence-corrected chi connectivity index (χ1v) is 6.56. The Hall–Kier alpha value is -0.170. The molecule has 0 aliphatic rings. The summed E-state index contributed by atoms with van der Waals surface area (Å²) in [5, 5.41) is 3.14. The van der Waals surface area contributed by atoms with E-state index in [0.717, 1.165) is 19.2 Å². The van der Waals surface area contributed by atoms with E-state index in [2.05, 4.69) is 10.0 Å². The highest BCUT2D eigenvalue weighted by Gasteiger charge is 2.20. The molecule has 0 aliphatic carbocycles. The van der Waals surface area contributed by atoms with Gasteiger partial charge in [-0.05, 0) is 33.4 Å². The Kier molecular flexibility index (Phi) is 5.58. The van der Waals surface area contributed by atoms with E-state index >= 15 is 0 Å². The molecule has 0 unspecified atom stereocenters. The topological polar surface area (TPSA) is 84.2 Å². The van der Waals surface area contributed by atoms with E-state index in [9.17, 15) is 8.42 Å². The summed E-state index contributed by atoms with van der Waals surface area (Å²) >= 11 is 0. The van der Waals surface area contributed by atoms with Gasteiger partial charge in [-0.2, -0.15) is 0 Å². The molecule has 0 rings (SSSR count). The molecule has 0 atom stereocenters. The molecule has 0 radical (unpaired) electrons. The first kappa shape index (κ1) is 13.8. The van der Waals surface area contributed by atoms with Crippen LogP contribution < -0.4 is 15.8 Å². The molecule has 4 N–H and O–H groups in total. The molecule has 86 valence electrons. The van der Waals surface area contributed by atoms with Crippen LogP contribution in [0.25, 0.3) is 0 Å². The van der Waals surface area contributed by atoms with Gasteiger partial charge in [-0.3, -0.25) is 0 Å². The van der Waals surface area contributed by atoms with Crippen LogP contribution in [0.5, 0.6) is 0 Å². The molecule has 0 heterocycles. The Bertz CT molecular complexity index is 249. The third-order valence-electron chi connectivity index (χ3n) is 1.59. The summed E-state index contributed by atoms with van der Waals surface area (Å²) in [6.45, 7) is 5.73. The molecule has 0 saturated heterocycles. The van der Waals surface area contributed by atoms with Crippen LogP contribution in [0.4, 0.5) is 0 Å². The fourth-order valence-corrected chi connectivity index (χ4v) is 2.24. The first-order chi connectivity index (χ1) is 6.27. The predicted molar refractivity (Wildman–Crippen MR) is 58.6 cm³/mol. The van der Waals surface area contributed by atoms with Gasteiger partial charge >= 0.3 is 0 Å². The molecule has 0 aliphatic heterocycles. The van der Waals surface area contributed by atoms with Crippen molar-refractivity contribution in [3.8, 4) is 0 Å². The Balaban J connectivity index is 3.84. The largest absolute Gasteiger partial charge is 0.330 e. The number of nitrogens with one attached hydrogen (secondary N) is 2. The number of hydrogen-bond acceptors (Lipinski definition) is 4. The smallest absolute Gasteiger partial charge is 0.209 e. The molecule has 6 heteroatoms. The summed E-state index contributed by atoms with van der Waals surface area (Å²) in [6, 6.07) is 0. The van der Waals surface area contributed by atoms with Crippen LogP contribution in [0, 0.1) is 0 Å². The third-order valence-corrected chi connectivity index (χ3v) is 2.51. The summed E-state index contributed by atoms with van der Waals surface area (Å²) in [5.41, 5.74) is 4.87. The Labute approximate surface area is 86.5 Å². The van der Waals surface area contributed by atoms with Gasteiger partial charge in [-0.15, -0.1) is 0 Å². The van der Waals surface area contributed by atoms with Crippen molar-refractivity contribution in [3.63, 3.8) is 0 Å². The fourth-order valence-electron chi connectivity index (χ4n) is 1.17. The van der Waals surface area contributed by atoms with Crippen molar-refractivity contribution in [1.29, 1.82) is 0 Å². The van der Waals surface area contributed by atoms with Crippen LogP contribution in [-0.2, 0) is 10.0 Å². The lowest BCUT2D eigenvalue weighted by atomic mass is 10.1. The van der Waals surface area contributed by atoms with Gasteiger partial charge in [0.15, 0.2) is 0 Å². The molecule has 0 amide bonds. The second-order valence-corrected chi connectivity index (χ2v) is 5.83. The molecule has 0 bridgehead atoms. The highest BCUT2D eigenvalue weighted by Crippen LogP contribution is 2.01. The van der Waals surface area contributed by atoms with Crippen molar-refractivity contribution in [2.24, 2.45) is 5.73 Å². The van der Waals surface area contributed by atoms with E-state index in [4.69, 9.17) is 5.73 Å². The summed E-state index contributed by atoms with van der Waals surface area (Å²) in [5.74, 6) is 0. The zero-order chi connectivity index (χ0) is 11.2. The average molecular weight is 223 g/mol. The van der Waals surface area contributed by atoms with Crippen LogP contribution >= 0.6 is 0 Å². The molecule has 5 nitrogen and oxygen atoms in total. The molecule has 0 aromatic carbocycles. The summed E-state index contributed by atoms with van der Waals surface area (Å²) in [6.07, 6.45) is 2.06. The van der Waals surface area contributed by atoms with E-state index in [-0.39, 0.29) is 0 Å². The highest BCUT2D eigenvalue weighted by atomic mass is 32.2. The van der Waals surface area contributed by atoms with Gasteiger partial charge in [-0.25, -0.2) is 13.1 Å². The lowest BCUT2D eigenvalue weighted by Crippen LogP contribution is -2.50. The lowest BCUT2D eigenvalue weighted by Gasteiger charge is -2.25. The summed E-state index contributed by atoms with van der Waals surface area (Å²) in [7, 11) is -3.14. The number of hydrogen-bond donors (Lipinski definition) is 3. The van der Waals surface area contributed by atoms with Crippen molar-refractivity contribution < 1.29 is 8.42 Å². The van der Waals surface area contributed by atoms with Crippen LogP contribution in [-0.4, -0.2) is 39.8 Å². The number of nitrogens with two attached hydrogens (primary N) is 1. The van der Waals surface area contributed by atoms with Gasteiger partial charge in [-0.1, -0.05) is 0 Å². The normalized spacial score (nSPS) is 13.1. The standard InChI is InChI=1S/C8H21N3O2S/c1-8(2,11-14(3,12)13)7-10-6-4-5-9/h10-11H,4-7,9H2,1-3H3. The van der Waals surface area contributed by atoms with Gasteiger partial charge in [0, 0.05) is 12.1 Å². The molecule has 0 spiro atoms. The van der Waals surface area contributed by atoms with Crippen molar-refractivity contribution in [3.05, 3.63) is 0 Å². The second-order valence-electron chi connectivity index (χ2n) is 4.08. The minimum atomic E-state index is -3.14. The zero-order valence-corrected chi connectivity index (χ0v) is 9.95. The molecule has 0 aromatic rings. The molecular formula is C8H21N3O2S. The Morgan fingerprint density at radius 2 is 1.93 bits per heavy atom. The SMILES string of the molecule is CC(C)(CNCCCN)NS(C)(=O)=O. The number of sulfonamides is 1. The number of rotatable bonds is 7. The molecular weight excluding hydrogens is 202 g/mol. The van der Waals surface area contributed by atoms with Gasteiger partial charge in [0.05, 0.1) is 6.26 Å². The second kappa shape index (κ2) is 5.65. The summed E-state index contributed by atoms with van der Waals surface area (Å²) < 4.78 is 24.5. The van der Waals surface area contributed by atoms with E-state index in [1.165, 1.54) is 0 Å². The van der Waals surface area contributed by atoms with Crippen LogP contribution in [0.3, 0.4) is 0 Å². The Morgan fingerprint density at radius 3 is 2.36 bits per heavy atom. The summed E-state index contributed by atoms with van der Waals surface area (Å²) in [4.78, 5) is 0. The molecule has 14 heavy (non-hydrogen) atoms. The maximum atomic E-state index is 11.0. The maximum Gasteiger partial charge on any atom is 0.209 e. The van der Waals surface area contributed by atoms with Crippen LogP contribution in [0.1, 0.15) is 20.3 Å². The highest BCUT2D eigenvalue weighted by molar-refractivity contribution is 7.88. The van der Waals surface area contributed by atoms with Gasteiger partial charge < -0.3 is 11.1 Å². The predicted octanol–water partition coefficient (Wildman–Crippen LogP) is -0.747. The van der Waals surface area contributed by atoms with Gasteiger partial charge in [0.2, 0.25) is 10.0 Å². The van der Waals surface area contributed by atoms with E-state index in [1.807, 2.05) is 13.8 Å². The monoisotopic (exact) mass is 223 g/mol. The molecule has 0 aromatic heterocycles. The Morgan fingerprint density at radius 1 is 1.36 bits per heavy atom. The zero-order valence-electron chi connectivity index (χ0n) is 9.13.